The largest absolute Gasteiger partial charge is 0.462 e. The van der Waals surface area contributed by atoms with Gasteiger partial charge in [0.05, 0.1) is 18.4 Å². The first-order valence-corrected chi connectivity index (χ1v) is 9.41. The second-order valence-electron chi connectivity index (χ2n) is 6.16. The van der Waals surface area contributed by atoms with Crippen molar-refractivity contribution in [3.63, 3.8) is 0 Å². The first-order valence-electron chi connectivity index (χ1n) is 8.53. The number of thiazole rings is 1. The molecule has 0 aliphatic rings. The Bertz CT molecular complexity index is 1180. The molecular formula is C20H16N4O3S. The Morgan fingerprint density at radius 2 is 2.11 bits per heavy atom. The fourth-order valence-electron chi connectivity index (χ4n) is 2.73. The molecule has 2 N–H and O–H groups in total. The quantitative estimate of drug-likeness (QED) is 0.540. The van der Waals surface area contributed by atoms with E-state index in [1.807, 2.05) is 17.5 Å². The van der Waals surface area contributed by atoms with E-state index in [2.05, 4.69) is 20.3 Å². The topological polar surface area (TPSA) is 101 Å². The predicted octanol–water partition coefficient (Wildman–Crippen LogP) is 3.64. The van der Waals surface area contributed by atoms with Gasteiger partial charge in [0.25, 0.3) is 5.56 Å². The van der Waals surface area contributed by atoms with Gasteiger partial charge in [-0.25, -0.2) is 9.97 Å². The fourth-order valence-corrected chi connectivity index (χ4v) is 3.52. The minimum atomic E-state index is -0.215. The van der Waals surface area contributed by atoms with E-state index < -0.39 is 0 Å². The lowest BCUT2D eigenvalue weighted by molar-refractivity contribution is -0.115. The third kappa shape index (κ3) is 4.07. The van der Waals surface area contributed by atoms with E-state index >= 15 is 0 Å². The van der Waals surface area contributed by atoms with Crippen molar-refractivity contribution < 1.29 is 9.21 Å². The molecule has 0 fully saturated rings. The summed E-state index contributed by atoms with van der Waals surface area (Å²) in [4.78, 5) is 35.5. The molecule has 7 nitrogen and oxygen atoms in total. The Labute approximate surface area is 164 Å². The molecule has 140 valence electrons. The van der Waals surface area contributed by atoms with Crippen molar-refractivity contribution in [3.8, 4) is 22.2 Å². The average Bonchev–Trinajstić information content (AvgIpc) is 3.32. The van der Waals surface area contributed by atoms with E-state index in [1.54, 1.807) is 37.5 Å². The highest BCUT2D eigenvalue weighted by atomic mass is 32.1. The Morgan fingerprint density at radius 3 is 2.89 bits per heavy atom. The molecule has 0 spiro atoms. The molecule has 1 amide bonds. The Balaban J connectivity index is 1.47. The van der Waals surface area contributed by atoms with Crippen molar-refractivity contribution in [2.24, 2.45) is 0 Å². The van der Waals surface area contributed by atoms with Crippen LogP contribution < -0.4 is 10.9 Å². The standard InChI is InChI=1S/C20H16N4O3S/c1-12-8-17(25)24-19(21-12)13-4-2-5-14(9-13)22-18(26)10-15-11-28-20(23-15)16-6-3-7-27-16/h2-9,11H,10H2,1H3,(H,22,26)(H,21,24,25). The first kappa shape index (κ1) is 17.9. The van der Waals surface area contributed by atoms with Crippen LogP contribution in [0.1, 0.15) is 11.4 Å². The summed E-state index contributed by atoms with van der Waals surface area (Å²) in [5.41, 5.74) is 2.42. The van der Waals surface area contributed by atoms with E-state index in [0.717, 1.165) is 5.01 Å². The SMILES string of the molecule is Cc1cc(=O)[nH]c(-c2cccc(NC(=O)Cc3csc(-c4ccco4)n3)c2)n1. The third-order valence-electron chi connectivity index (χ3n) is 3.91. The minimum absolute atomic E-state index is 0.154. The fraction of sp³-hybridized carbons (Fsp3) is 0.100. The van der Waals surface area contributed by atoms with Gasteiger partial charge in [0, 0.05) is 28.4 Å². The Hall–Kier alpha value is -3.52. The molecule has 8 heteroatoms. The molecule has 0 saturated heterocycles. The van der Waals surface area contributed by atoms with Crippen molar-refractivity contribution in [2.75, 3.05) is 5.32 Å². The number of aryl methyl sites for hydroxylation is 1. The summed E-state index contributed by atoms with van der Waals surface area (Å²) in [6, 6.07) is 12.2. The normalized spacial score (nSPS) is 10.8. The molecule has 4 rings (SSSR count). The van der Waals surface area contributed by atoms with E-state index in [-0.39, 0.29) is 17.9 Å². The molecule has 3 heterocycles. The number of carbonyl (C=O) groups excluding carboxylic acids is 1. The van der Waals surface area contributed by atoms with Crippen LogP contribution in [-0.4, -0.2) is 20.9 Å². The number of carbonyl (C=O) groups is 1. The summed E-state index contributed by atoms with van der Waals surface area (Å²) in [5, 5.41) is 5.44. The van der Waals surface area contributed by atoms with Gasteiger partial charge in [0.2, 0.25) is 5.91 Å². The second kappa shape index (κ2) is 7.61. The molecule has 0 saturated carbocycles. The molecule has 0 aliphatic carbocycles. The van der Waals surface area contributed by atoms with Crippen LogP contribution >= 0.6 is 11.3 Å². The van der Waals surface area contributed by atoms with Crippen molar-refractivity contribution in [2.45, 2.75) is 13.3 Å². The molecule has 4 aromatic rings. The summed E-state index contributed by atoms with van der Waals surface area (Å²) in [6.45, 7) is 1.76. The number of rotatable bonds is 5. The lowest BCUT2D eigenvalue weighted by atomic mass is 10.1. The number of anilines is 1. The molecule has 3 aromatic heterocycles. The Kier molecular flexibility index (Phi) is 4.86. The van der Waals surface area contributed by atoms with Crippen LogP contribution in [0.25, 0.3) is 22.2 Å². The van der Waals surface area contributed by atoms with E-state index in [0.29, 0.717) is 34.2 Å². The number of amides is 1. The average molecular weight is 392 g/mol. The third-order valence-corrected chi connectivity index (χ3v) is 4.82. The predicted molar refractivity (Wildman–Crippen MR) is 107 cm³/mol. The number of hydrogen-bond donors (Lipinski definition) is 2. The van der Waals surface area contributed by atoms with E-state index in [1.165, 1.54) is 17.4 Å². The monoisotopic (exact) mass is 392 g/mol. The van der Waals surface area contributed by atoms with Crippen LogP contribution in [0.2, 0.25) is 0 Å². The number of hydrogen-bond acceptors (Lipinski definition) is 6. The molecule has 0 radical (unpaired) electrons. The number of aromatic nitrogens is 3. The zero-order valence-electron chi connectivity index (χ0n) is 14.9. The van der Waals surface area contributed by atoms with Crippen LogP contribution in [0.3, 0.4) is 0 Å². The number of aromatic amines is 1. The highest BCUT2D eigenvalue weighted by Crippen LogP contribution is 2.24. The van der Waals surface area contributed by atoms with Crippen molar-refractivity contribution in [1.29, 1.82) is 0 Å². The molecule has 28 heavy (non-hydrogen) atoms. The second-order valence-corrected chi connectivity index (χ2v) is 7.02. The van der Waals surface area contributed by atoms with Crippen LogP contribution in [0, 0.1) is 6.92 Å². The molecule has 1 aromatic carbocycles. The molecule has 0 unspecified atom stereocenters. The van der Waals surface area contributed by atoms with Crippen LogP contribution in [-0.2, 0) is 11.2 Å². The summed E-state index contributed by atoms with van der Waals surface area (Å²) in [5.74, 6) is 0.965. The Morgan fingerprint density at radius 1 is 1.21 bits per heavy atom. The lowest BCUT2D eigenvalue weighted by Crippen LogP contribution is -2.14. The molecule has 0 bridgehead atoms. The van der Waals surface area contributed by atoms with Gasteiger partial charge in [-0.1, -0.05) is 12.1 Å². The lowest BCUT2D eigenvalue weighted by Gasteiger charge is -2.07. The number of nitrogens with one attached hydrogen (secondary N) is 2. The molecule has 0 aliphatic heterocycles. The van der Waals surface area contributed by atoms with Crippen molar-refractivity contribution in [3.05, 3.63) is 75.8 Å². The van der Waals surface area contributed by atoms with Crippen LogP contribution in [0.15, 0.2) is 63.3 Å². The van der Waals surface area contributed by atoms with Gasteiger partial charge in [-0.2, -0.15) is 0 Å². The van der Waals surface area contributed by atoms with Crippen molar-refractivity contribution >= 4 is 22.9 Å². The minimum Gasteiger partial charge on any atom is -0.462 e. The smallest absolute Gasteiger partial charge is 0.251 e. The summed E-state index contributed by atoms with van der Waals surface area (Å²) < 4.78 is 5.32. The number of benzene rings is 1. The van der Waals surface area contributed by atoms with Crippen LogP contribution in [0.4, 0.5) is 5.69 Å². The van der Waals surface area contributed by atoms with Gasteiger partial charge < -0.3 is 14.7 Å². The zero-order valence-corrected chi connectivity index (χ0v) is 15.7. The van der Waals surface area contributed by atoms with Gasteiger partial charge in [0.15, 0.2) is 10.8 Å². The van der Waals surface area contributed by atoms with Crippen LogP contribution in [0.5, 0.6) is 0 Å². The molecular weight excluding hydrogens is 376 g/mol. The van der Waals surface area contributed by atoms with Gasteiger partial charge in [-0.05, 0) is 31.2 Å². The maximum atomic E-state index is 12.4. The summed E-state index contributed by atoms with van der Waals surface area (Å²) in [7, 11) is 0. The van der Waals surface area contributed by atoms with E-state index in [4.69, 9.17) is 4.42 Å². The summed E-state index contributed by atoms with van der Waals surface area (Å²) in [6.07, 6.45) is 1.74. The summed E-state index contributed by atoms with van der Waals surface area (Å²) >= 11 is 1.43. The van der Waals surface area contributed by atoms with Gasteiger partial charge in [0.1, 0.15) is 5.82 Å². The molecule has 0 atom stereocenters. The van der Waals surface area contributed by atoms with Crippen molar-refractivity contribution in [1.82, 2.24) is 15.0 Å². The zero-order chi connectivity index (χ0) is 19.5. The van der Waals surface area contributed by atoms with E-state index in [9.17, 15) is 9.59 Å². The number of furan rings is 1. The highest BCUT2D eigenvalue weighted by Gasteiger charge is 2.11. The number of nitrogens with zero attached hydrogens (tertiary/aromatic N) is 2. The van der Waals surface area contributed by atoms with Gasteiger partial charge in [-0.3, -0.25) is 9.59 Å². The van der Waals surface area contributed by atoms with Gasteiger partial charge >= 0.3 is 0 Å². The highest BCUT2D eigenvalue weighted by molar-refractivity contribution is 7.13. The van der Waals surface area contributed by atoms with Gasteiger partial charge in [-0.15, -0.1) is 11.3 Å². The first-order chi connectivity index (χ1) is 13.6. The maximum Gasteiger partial charge on any atom is 0.251 e. The number of H-pyrrole nitrogens is 1. The maximum absolute atomic E-state index is 12.4.